The average Bonchev–Trinajstić information content (AvgIpc) is 2.52. The van der Waals surface area contributed by atoms with Crippen LogP contribution in [0.2, 0.25) is 0 Å². The van der Waals surface area contributed by atoms with Gasteiger partial charge in [-0.15, -0.1) is 22.9 Å². The fourth-order valence-electron chi connectivity index (χ4n) is 1.24. The number of hydrogen-bond donors (Lipinski definition) is 1. The Labute approximate surface area is 98.9 Å². The van der Waals surface area contributed by atoms with Gasteiger partial charge in [0.25, 0.3) is 5.91 Å². The molecule has 1 aromatic heterocycles. The third kappa shape index (κ3) is 3.80. The summed E-state index contributed by atoms with van der Waals surface area (Å²) in [5.41, 5.74) is 0.812. The maximum Gasteiger partial charge on any atom is 0.263 e. The molecule has 5 heteroatoms. The molecule has 0 fully saturated rings. The standard InChI is InChI=1S/C10H15ClN2OS/c1-7-9(15-8(2)13-7)10(14)12-6-4-3-5-11/h3-6H2,1-2H3,(H,12,14). The molecule has 15 heavy (non-hydrogen) atoms. The molecule has 0 unspecified atom stereocenters. The fraction of sp³-hybridized carbons (Fsp3) is 0.600. The van der Waals surface area contributed by atoms with Gasteiger partial charge in [0.2, 0.25) is 0 Å². The summed E-state index contributed by atoms with van der Waals surface area (Å²) >= 11 is 6.98. The SMILES string of the molecule is Cc1nc(C)c(C(=O)NCCCCCl)s1. The van der Waals surface area contributed by atoms with Crippen LogP contribution >= 0.6 is 22.9 Å². The Morgan fingerprint density at radius 1 is 1.47 bits per heavy atom. The number of rotatable bonds is 5. The summed E-state index contributed by atoms with van der Waals surface area (Å²) in [6.45, 7) is 4.45. The minimum absolute atomic E-state index is 0.0207. The second-order valence-electron chi connectivity index (χ2n) is 3.30. The number of unbranched alkanes of at least 4 members (excludes halogenated alkanes) is 1. The maximum atomic E-state index is 11.7. The van der Waals surface area contributed by atoms with Gasteiger partial charge in [-0.05, 0) is 26.7 Å². The number of alkyl halides is 1. The fourth-order valence-corrected chi connectivity index (χ4v) is 2.27. The number of aromatic nitrogens is 1. The van der Waals surface area contributed by atoms with Gasteiger partial charge in [-0.2, -0.15) is 0 Å². The Bertz CT molecular complexity index is 338. The summed E-state index contributed by atoms with van der Waals surface area (Å²) < 4.78 is 0. The molecule has 0 saturated heterocycles. The van der Waals surface area contributed by atoms with Gasteiger partial charge < -0.3 is 5.32 Å². The van der Waals surface area contributed by atoms with Gasteiger partial charge in [-0.25, -0.2) is 4.98 Å². The van der Waals surface area contributed by atoms with Crippen LogP contribution in [0.5, 0.6) is 0 Å². The molecule has 0 aromatic carbocycles. The highest BCUT2D eigenvalue weighted by Gasteiger charge is 2.12. The molecule has 1 aromatic rings. The summed E-state index contributed by atoms with van der Waals surface area (Å²) in [6.07, 6.45) is 1.86. The highest BCUT2D eigenvalue weighted by atomic mass is 35.5. The van der Waals surface area contributed by atoms with E-state index in [-0.39, 0.29) is 5.91 Å². The van der Waals surface area contributed by atoms with E-state index in [4.69, 9.17) is 11.6 Å². The zero-order valence-electron chi connectivity index (χ0n) is 8.97. The summed E-state index contributed by atoms with van der Waals surface area (Å²) in [5.74, 6) is 0.627. The van der Waals surface area contributed by atoms with E-state index in [0.29, 0.717) is 12.4 Å². The number of nitrogens with zero attached hydrogens (tertiary/aromatic N) is 1. The van der Waals surface area contributed by atoms with Gasteiger partial charge in [0, 0.05) is 12.4 Å². The Morgan fingerprint density at radius 3 is 2.73 bits per heavy atom. The highest BCUT2D eigenvalue weighted by Crippen LogP contribution is 2.16. The first-order valence-corrected chi connectivity index (χ1v) is 6.28. The molecule has 84 valence electrons. The van der Waals surface area contributed by atoms with Crippen LogP contribution < -0.4 is 5.32 Å². The summed E-state index contributed by atoms with van der Waals surface area (Å²) in [7, 11) is 0. The lowest BCUT2D eigenvalue weighted by atomic mass is 10.3. The second kappa shape index (κ2) is 6.08. The molecule has 0 atom stereocenters. The Hall–Kier alpha value is -0.610. The topological polar surface area (TPSA) is 42.0 Å². The van der Waals surface area contributed by atoms with E-state index in [0.717, 1.165) is 28.4 Å². The number of carbonyl (C=O) groups excluding carboxylic acids is 1. The molecule has 1 heterocycles. The lowest BCUT2D eigenvalue weighted by Crippen LogP contribution is -2.24. The first kappa shape index (κ1) is 12.5. The smallest absolute Gasteiger partial charge is 0.263 e. The number of nitrogens with one attached hydrogen (secondary N) is 1. The summed E-state index contributed by atoms with van der Waals surface area (Å²) in [6, 6.07) is 0. The number of halogens is 1. The Balaban J connectivity index is 2.43. The Kier molecular flexibility index (Phi) is 5.05. The predicted octanol–water partition coefficient (Wildman–Crippen LogP) is 2.51. The van der Waals surface area contributed by atoms with Crippen LogP contribution in [0.3, 0.4) is 0 Å². The molecule has 1 N–H and O–H groups in total. The van der Waals surface area contributed by atoms with Gasteiger partial charge in [-0.1, -0.05) is 0 Å². The summed E-state index contributed by atoms with van der Waals surface area (Å²) in [4.78, 5) is 16.6. The van der Waals surface area contributed by atoms with Crippen molar-refractivity contribution in [3.63, 3.8) is 0 Å². The molecule has 3 nitrogen and oxygen atoms in total. The third-order valence-corrected chi connectivity index (χ3v) is 3.29. The molecule has 0 radical (unpaired) electrons. The highest BCUT2D eigenvalue weighted by molar-refractivity contribution is 7.13. The quantitative estimate of drug-likeness (QED) is 0.641. The molecule has 0 spiro atoms. The van der Waals surface area contributed by atoms with Gasteiger partial charge in [0.15, 0.2) is 0 Å². The van der Waals surface area contributed by atoms with Gasteiger partial charge in [0.1, 0.15) is 4.88 Å². The molecule has 0 aliphatic heterocycles. The number of hydrogen-bond acceptors (Lipinski definition) is 3. The number of carbonyl (C=O) groups is 1. The number of amides is 1. The minimum atomic E-state index is -0.0207. The molecule has 0 saturated carbocycles. The van der Waals surface area contributed by atoms with E-state index in [2.05, 4.69) is 10.3 Å². The van der Waals surface area contributed by atoms with Crippen LogP contribution in [0.4, 0.5) is 0 Å². The van der Waals surface area contributed by atoms with Crippen LogP contribution in [-0.4, -0.2) is 23.3 Å². The van der Waals surface area contributed by atoms with Crippen LogP contribution in [0.1, 0.15) is 33.2 Å². The first-order chi connectivity index (χ1) is 7.15. The lowest BCUT2D eigenvalue weighted by Gasteiger charge is -2.02. The minimum Gasteiger partial charge on any atom is -0.351 e. The largest absolute Gasteiger partial charge is 0.351 e. The van der Waals surface area contributed by atoms with E-state index < -0.39 is 0 Å². The van der Waals surface area contributed by atoms with Crippen LogP contribution in [0.25, 0.3) is 0 Å². The first-order valence-electron chi connectivity index (χ1n) is 4.93. The summed E-state index contributed by atoms with van der Waals surface area (Å²) in [5, 5.41) is 3.79. The van der Waals surface area contributed by atoms with Gasteiger partial charge in [0.05, 0.1) is 10.7 Å². The van der Waals surface area contributed by atoms with Crippen molar-refractivity contribution in [1.82, 2.24) is 10.3 Å². The van der Waals surface area contributed by atoms with Crippen molar-refractivity contribution in [2.24, 2.45) is 0 Å². The van der Waals surface area contributed by atoms with Crippen LogP contribution in [-0.2, 0) is 0 Å². The molecule has 1 amide bonds. The maximum absolute atomic E-state index is 11.7. The van der Waals surface area contributed by atoms with E-state index in [1.54, 1.807) is 0 Å². The predicted molar refractivity (Wildman–Crippen MR) is 63.9 cm³/mol. The van der Waals surface area contributed by atoms with Crippen molar-refractivity contribution in [3.8, 4) is 0 Å². The molecule has 0 bridgehead atoms. The van der Waals surface area contributed by atoms with Crippen molar-refractivity contribution in [1.29, 1.82) is 0 Å². The van der Waals surface area contributed by atoms with Crippen molar-refractivity contribution >= 4 is 28.8 Å². The normalized spacial score (nSPS) is 10.3. The lowest BCUT2D eigenvalue weighted by molar-refractivity contribution is 0.0956. The molecule has 0 aliphatic carbocycles. The van der Waals surface area contributed by atoms with Crippen molar-refractivity contribution in [3.05, 3.63) is 15.6 Å². The van der Waals surface area contributed by atoms with Crippen LogP contribution in [0, 0.1) is 13.8 Å². The molecular formula is C10H15ClN2OS. The Morgan fingerprint density at radius 2 is 2.20 bits per heavy atom. The number of aryl methyl sites for hydroxylation is 2. The van der Waals surface area contributed by atoms with Gasteiger partial charge in [-0.3, -0.25) is 4.79 Å². The number of thiazole rings is 1. The van der Waals surface area contributed by atoms with E-state index in [1.165, 1.54) is 11.3 Å². The van der Waals surface area contributed by atoms with E-state index >= 15 is 0 Å². The van der Waals surface area contributed by atoms with Crippen LogP contribution in [0.15, 0.2) is 0 Å². The zero-order chi connectivity index (χ0) is 11.3. The third-order valence-electron chi connectivity index (χ3n) is 1.96. The van der Waals surface area contributed by atoms with E-state index in [1.807, 2.05) is 13.8 Å². The van der Waals surface area contributed by atoms with E-state index in [9.17, 15) is 4.79 Å². The monoisotopic (exact) mass is 246 g/mol. The molecular weight excluding hydrogens is 232 g/mol. The average molecular weight is 247 g/mol. The van der Waals surface area contributed by atoms with Crippen molar-refractivity contribution in [2.75, 3.05) is 12.4 Å². The zero-order valence-corrected chi connectivity index (χ0v) is 10.5. The van der Waals surface area contributed by atoms with Crippen molar-refractivity contribution in [2.45, 2.75) is 26.7 Å². The second-order valence-corrected chi connectivity index (χ2v) is 4.88. The van der Waals surface area contributed by atoms with Gasteiger partial charge >= 0.3 is 0 Å². The molecule has 1 rings (SSSR count). The van der Waals surface area contributed by atoms with Crippen molar-refractivity contribution < 1.29 is 4.79 Å². The molecule has 0 aliphatic rings.